The molecule has 11 heteroatoms. The maximum absolute atomic E-state index is 12.4. The Morgan fingerprint density at radius 3 is 1.78 bits per heavy atom. The third-order valence-corrected chi connectivity index (χ3v) is 5.52. The van der Waals surface area contributed by atoms with E-state index >= 15 is 0 Å². The molecule has 0 aromatic carbocycles. The molecule has 0 aromatic heterocycles. The van der Waals surface area contributed by atoms with Crippen molar-refractivity contribution in [1.29, 1.82) is 0 Å². The third-order valence-electron chi connectivity index (χ3n) is 5.52. The normalized spacial score (nSPS) is 16.4. The summed E-state index contributed by atoms with van der Waals surface area (Å²) in [6, 6.07) is 0. The number of ether oxygens (including phenoxy) is 4. The molecular formula is C26H47N3O8. The molecule has 1 heterocycles. The summed E-state index contributed by atoms with van der Waals surface area (Å²) in [5.74, 6) is -0.992. The van der Waals surface area contributed by atoms with Gasteiger partial charge in [0.25, 0.3) is 0 Å². The molecule has 1 unspecified atom stereocenters. The van der Waals surface area contributed by atoms with Crippen molar-refractivity contribution < 1.29 is 38.1 Å². The topological polar surface area (TPSA) is 132 Å². The second-order valence-electron chi connectivity index (χ2n) is 11.1. The second kappa shape index (κ2) is 16.7. The fourth-order valence-electron chi connectivity index (χ4n) is 3.57. The first-order valence-electron chi connectivity index (χ1n) is 13.0. The lowest BCUT2D eigenvalue weighted by Crippen LogP contribution is -2.40. The molecule has 2 N–H and O–H groups in total. The molecule has 1 aliphatic heterocycles. The van der Waals surface area contributed by atoms with Gasteiger partial charge in [-0.3, -0.25) is 24.1 Å². The van der Waals surface area contributed by atoms with E-state index in [1.807, 2.05) is 41.5 Å². The molecule has 0 spiro atoms. The highest BCUT2D eigenvalue weighted by atomic mass is 16.6. The van der Waals surface area contributed by atoms with Crippen molar-refractivity contribution in [2.24, 2.45) is 11.3 Å². The Balaban J connectivity index is 1.90. The first-order chi connectivity index (χ1) is 17.3. The van der Waals surface area contributed by atoms with E-state index in [1.165, 1.54) is 4.90 Å². The van der Waals surface area contributed by atoms with Crippen LogP contribution < -0.4 is 10.6 Å². The van der Waals surface area contributed by atoms with Crippen LogP contribution in [0.5, 0.6) is 0 Å². The van der Waals surface area contributed by atoms with Gasteiger partial charge in [-0.15, -0.1) is 0 Å². The van der Waals surface area contributed by atoms with E-state index in [9.17, 15) is 19.2 Å². The summed E-state index contributed by atoms with van der Waals surface area (Å²) < 4.78 is 21.6. The molecule has 0 saturated carbocycles. The van der Waals surface area contributed by atoms with E-state index in [2.05, 4.69) is 10.6 Å². The third kappa shape index (κ3) is 15.1. The van der Waals surface area contributed by atoms with Crippen LogP contribution in [0, 0.1) is 11.3 Å². The van der Waals surface area contributed by atoms with Crippen molar-refractivity contribution in [3.8, 4) is 0 Å². The quantitative estimate of drug-likeness (QED) is 0.201. The average molecular weight is 530 g/mol. The Morgan fingerprint density at radius 1 is 0.784 bits per heavy atom. The van der Waals surface area contributed by atoms with Gasteiger partial charge in [0.1, 0.15) is 0 Å². The van der Waals surface area contributed by atoms with Crippen LogP contribution in [0.15, 0.2) is 0 Å². The van der Waals surface area contributed by atoms with Crippen molar-refractivity contribution in [3.63, 3.8) is 0 Å². The molecule has 4 amide bonds. The largest absolute Gasteiger partial charge is 0.379 e. The van der Waals surface area contributed by atoms with E-state index in [0.717, 1.165) is 0 Å². The molecule has 1 aliphatic rings. The first kappa shape index (κ1) is 32.9. The number of imide groups is 1. The van der Waals surface area contributed by atoms with Gasteiger partial charge in [0, 0.05) is 37.9 Å². The van der Waals surface area contributed by atoms with Crippen LogP contribution in [0.2, 0.25) is 0 Å². The zero-order valence-electron chi connectivity index (χ0n) is 23.5. The molecular weight excluding hydrogens is 482 g/mol. The maximum Gasteiger partial charge on any atom is 0.233 e. The molecule has 1 rings (SSSR count). The molecule has 1 fully saturated rings. The lowest BCUT2D eigenvalue weighted by atomic mass is 9.80. The zero-order chi connectivity index (χ0) is 27.9. The Bertz CT molecular complexity index is 730. The highest BCUT2D eigenvalue weighted by Crippen LogP contribution is 2.35. The Hall–Kier alpha value is -2.08. The minimum Gasteiger partial charge on any atom is -0.379 e. The summed E-state index contributed by atoms with van der Waals surface area (Å²) in [5, 5.41) is 5.60. The Morgan fingerprint density at radius 2 is 1.30 bits per heavy atom. The van der Waals surface area contributed by atoms with E-state index in [-0.39, 0.29) is 59.9 Å². The number of likely N-dealkylation sites (tertiary alicyclic amines) is 1. The summed E-state index contributed by atoms with van der Waals surface area (Å²) in [6.45, 7) is 15.3. The summed E-state index contributed by atoms with van der Waals surface area (Å²) in [5.41, 5.74) is -0.516. The van der Waals surface area contributed by atoms with Gasteiger partial charge in [-0.2, -0.15) is 0 Å². The van der Waals surface area contributed by atoms with Crippen molar-refractivity contribution in [1.82, 2.24) is 15.5 Å². The maximum atomic E-state index is 12.4. The second-order valence-corrected chi connectivity index (χ2v) is 11.1. The molecule has 0 aromatic rings. The van der Waals surface area contributed by atoms with Crippen LogP contribution in [0.4, 0.5) is 0 Å². The first-order valence-corrected chi connectivity index (χ1v) is 13.0. The molecule has 0 radical (unpaired) electrons. The van der Waals surface area contributed by atoms with Crippen LogP contribution >= 0.6 is 0 Å². The molecule has 1 saturated heterocycles. The summed E-state index contributed by atoms with van der Waals surface area (Å²) in [4.78, 5) is 49.4. The summed E-state index contributed by atoms with van der Waals surface area (Å²) in [6.07, 6.45) is 0.609. The van der Waals surface area contributed by atoms with Crippen molar-refractivity contribution in [2.45, 2.75) is 66.3 Å². The highest BCUT2D eigenvalue weighted by Gasteiger charge is 2.44. The standard InChI is InChI=1S/C26H47N3O8/c1-25(2,3)20-19-23(32)29(24(20)33)10-7-21(30)27-9-12-35-14-16-37-18-17-36-15-13-34-11-8-22(31)28-26(4,5)6/h20H,7-19H2,1-6H3,(H,27,30)(H,28,31). The minimum atomic E-state index is -0.330. The van der Waals surface area contributed by atoms with Gasteiger partial charge in [0.05, 0.1) is 58.8 Å². The van der Waals surface area contributed by atoms with E-state index < -0.39 is 0 Å². The lowest BCUT2D eigenvalue weighted by molar-refractivity contribution is -0.140. The van der Waals surface area contributed by atoms with E-state index in [0.29, 0.717) is 65.8 Å². The highest BCUT2D eigenvalue weighted by molar-refractivity contribution is 6.04. The molecule has 37 heavy (non-hydrogen) atoms. The zero-order valence-corrected chi connectivity index (χ0v) is 23.5. The summed E-state index contributed by atoms with van der Waals surface area (Å²) in [7, 11) is 0. The van der Waals surface area contributed by atoms with Gasteiger partial charge in [0.2, 0.25) is 23.6 Å². The van der Waals surface area contributed by atoms with Gasteiger partial charge < -0.3 is 29.6 Å². The number of hydrogen-bond donors (Lipinski definition) is 2. The molecule has 0 bridgehead atoms. The molecule has 0 aliphatic carbocycles. The van der Waals surface area contributed by atoms with Crippen LogP contribution in [0.1, 0.15) is 60.8 Å². The van der Waals surface area contributed by atoms with Crippen LogP contribution in [0.25, 0.3) is 0 Å². The van der Waals surface area contributed by atoms with Gasteiger partial charge in [-0.25, -0.2) is 0 Å². The molecule has 1 atom stereocenters. The van der Waals surface area contributed by atoms with Crippen molar-refractivity contribution in [2.75, 3.05) is 65.9 Å². The fraction of sp³-hybridized carbons (Fsp3) is 0.846. The van der Waals surface area contributed by atoms with E-state index in [1.54, 1.807) is 0 Å². The number of amides is 4. The number of carbonyl (C=O) groups is 4. The predicted molar refractivity (Wildman–Crippen MR) is 138 cm³/mol. The molecule has 11 nitrogen and oxygen atoms in total. The van der Waals surface area contributed by atoms with Gasteiger partial charge >= 0.3 is 0 Å². The number of carbonyl (C=O) groups excluding carboxylic acids is 4. The number of hydrogen-bond acceptors (Lipinski definition) is 8. The minimum absolute atomic E-state index is 0.0336. The predicted octanol–water partition coefficient (Wildman–Crippen LogP) is 1.29. The van der Waals surface area contributed by atoms with Gasteiger partial charge in [-0.1, -0.05) is 20.8 Å². The fourth-order valence-corrected chi connectivity index (χ4v) is 3.57. The van der Waals surface area contributed by atoms with Gasteiger partial charge in [-0.05, 0) is 26.2 Å². The van der Waals surface area contributed by atoms with Gasteiger partial charge in [0.15, 0.2) is 0 Å². The smallest absolute Gasteiger partial charge is 0.233 e. The number of nitrogens with zero attached hydrogens (tertiary/aromatic N) is 1. The number of rotatable bonds is 18. The Kier molecular flexibility index (Phi) is 14.9. The summed E-state index contributed by atoms with van der Waals surface area (Å²) >= 11 is 0. The van der Waals surface area contributed by atoms with E-state index in [4.69, 9.17) is 18.9 Å². The molecule has 214 valence electrons. The monoisotopic (exact) mass is 529 g/mol. The van der Waals surface area contributed by atoms with Crippen LogP contribution in [-0.2, 0) is 38.1 Å². The average Bonchev–Trinajstić information content (AvgIpc) is 3.07. The van der Waals surface area contributed by atoms with Crippen molar-refractivity contribution in [3.05, 3.63) is 0 Å². The number of nitrogens with one attached hydrogen (secondary N) is 2. The Labute approximate surface area is 221 Å². The lowest BCUT2D eigenvalue weighted by Gasteiger charge is -2.24. The van der Waals surface area contributed by atoms with Crippen molar-refractivity contribution >= 4 is 23.6 Å². The van der Waals surface area contributed by atoms with Crippen LogP contribution in [0.3, 0.4) is 0 Å². The SMILES string of the molecule is CC(C)(C)NC(=O)CCOCCOCCOCCOCCNC(=O)CCN1C(=O)CC(C(C)(C)C)C1=O. The van der Waals surface area contributed by atoms with Crippen LogP contribution in [-0.4, -0.2) is 100 Å².